The molecule has 1 aliphatic carbocycles. The molecule has 1 aliphatic rings. The Kier molecular flexibility index (Phi) is 8.64. The molecule has 0 amide bonds. The minimum absolute atomic E-state index is 0.0206. The van der Waals surface area contributed by atoms with Gasteiger partial charge in [0.1, 0.15) is 11.8 Å². The zero-order chi connectivity index (χ0) is 29.2. The van der Waals surface area contributed by atoms with Crippen molar-refractivity contribution in [3.8, 4) is 5.75 Å². The fraction of sp³-hybridized carbons (Fsp3) is 0.520. The fourth-order valence-corrected chi connectivity index (χ4v) is 6.26. The van der Waals surface area contributed by atoms with Crippen molar-refractivity contribution in [3.05, 3.63) is 36.7 Å². The summed E-state index contributed by atoms with van der Waals surface area (Å²) in [6.07, 6.45) is -0.366. The van der Waals surface area contributed by atoms with Crippen LogP contribution in [0.4, 0.5) is 16.2 Å². The van der Waals surface area contributed by atoms with E-state index in [-0.39, 0.29) is 30.8 Å². The molecule has 5 N–H and O–H groups in total. The first-order chi connectivity index (χ1) is 18.8. The van der Waals surface area contributed by atoms with E-state index >= 15 is 4.39 Å². The molecule has 2 heterocycles. The van der Waals surface area contributed by atoms with E-state index < -0.39 is 43.5 Å². The van der Waals surface area contributed by atoms with Gasteiger partial charge in [-0.2, -0.15) is 15.1 Å². The Morgan fingerprint density at radius 2 is 2.00 bits per heavy atom. The monoisotopic (exact) mass is 579 g/mol. The Morgan fingerprint density at radius 3 is 2.65 bits per heavy atom. The number of imidazole rings is 1. The van der Waals surface area contributed by atoms with Crippen molar-refractivity contribution in [1.29, 1.82) is 0 Å². The number of nitrogens with two attached hydrogens (primary N) is 1. The van der Waals surface area contributed by atoms with Gasteiger partial charge in [0.25, 0.3) is 0 Å². The van der Waals surface area contributed by atoms with Gasteiger partial charge in [-0.1, -0.05) is 18.2 Å². The van der Waals surface area contributed by atoms with Crippen LogP contribution in [0.2, 0.25) is 0 Å². The Bertz CT molecular complexity index is 1390. The highest BCUT2D eigenvalue weighted by molar-refractivity contribution is 7.52. The smallest absolute Gasteiger partial charge is 0.459 e. The van der Waals surface area contributed by atoms with E-state index in [1.54, 1.807) is 51.2 Å². The molecular weight excluding hydrogens is 544 g/mol. The van der Waals surface area contributed by atoms with Gasteiger partial charge in [-0.3, -0.25) is 9.32 Å². The summed E-state index contributed by atoms with van der Waals surface area (Å²) in [5, 5.41) is 16.5. The van der Waals surface area contributed by atoms with Gasteiger partial charge in [0.05, 0.1) is 31.2 Å². The van der Waals surface area contributed by atoms with Crippen LogP contribution in [0.5, 0.6) is 5.75 Å². The van der Waals surface area contributed by atoms with E-state index in [0.29, 0.717) is 17.0 Å². The topological polar surface area (TPSA) is 176 Å². The van der Waals surface area contributed by atoms with Crippen molar-refractivity contribution in [2.45, 2.75) is 64.1 Å². The number of esters is 1. The number of aromatic nitrogens is 4. The number of nitrogen functional groups attached to an aromatic ring is 1. The summed E-state index contributed by atoms with van der Waals surface area (Å²) in [6, 6.07) is 6.32. The van der Waals surface area contributed by atoms with Gasteiger partial charge in [-0.25, -0.2) is 13.9 Å². The summed E-state index contributed by atoms with van der Waals surface area (Å²) < 4.78 is 48.0. The van der Waals surface area contributed by atoms with Crippen LogP contribution in [0, 0.1) is 5.92 Å². The third kappa shape index (κ3) is 6.20. The maximum absolute atomic E-state index is 16.1. The molecule has 6 atom stereocenters. The Labute approximate surface area is 231 Å². The fourth-order valence-electron chi connectivity index (χ4n) is 4.71. The van der Waals surface area contributed by atoms with Gasteiger partial charge in [0.2, 0.25) is 5.95 Å². The molecule has 0 unspecified atom stereocenters. The van der Waals surface area contributed by atoms with Crippen LogP contribution in [-0.4, -0.2) is 68.2 Å². The third-order valence-corrected chi connectivity index (χ3v) is 8.34. The van der Waals surface area contributed by atoms with Gasteiger partial charge < -0.3 is 30.0 Å². The average molecular weight is 580 g/mol. The summed E-state index contributed by atoms with van der Waals surface area (Å²) >= 11 is 0. The number of benzene rings is 1. The van der Waals surface area contributed by atoms with Gasteiger partial charge in [-0.15, -0.1) is 0 Å². The number of hydrogen-bond acceptors (Lipinski definition) is 11. The molecule has 13 nitrogen and oxygen atoms in total. The Balaban J connectivity index is 1.56. The number of nitrogens with one attached hydrogen (secondary N) is 2. The molecular formula is C25H35FN7O6P. The van der Waals surface area contributed by atoms with Crippen LogP contribution in [0.3, 0.4) is 0 Å². The van der Waals surface area contributed by atoms with Crippen LogP contribution in [0.1, 0.15) is 40.2 Å². The van der Waals surface area contributed by atoms with Gasteiger partial charge >= 0.3 is 13.7 Å². The number of halogens is 1. The number of rotatable bonds is 11. The maximum atomic E-state index is 16.1. The van der Waals surface area contributed by atoms with Gasteiger partial charge in [0, 0.05) is 13.0 Å². The Morgan fingerprint density at radius 1 is 1.30 bits per heavy atom. The number of fused-ring (bicyclic) bond motifs is 1. The first kappa shape index (κ1) is 29.7. The van der Waals surface area contributed by atoms with Crippen molar-refractivity contribution in [2.75, 3.05) is 24.7 Å². The molecule has 0 aliphatic heterocycles. The van der Waals surface area contributed by atoms with Crippen LogP contribution < -0.4 is 20.7 Å². The molecule has 0 radical (unpaired) electrons. The van der Waals surface area contributed by atoms with Gasteiger partial charge in [-0.05, 0) is 46.2 Å². The largest absolute Gasteiger partial charge is 0.462 e. The number of carbonyl (C=O) groups excluding carboxylic acids is 1. The minimum atomic E-state index is -4.20. The van der Waals surface area contributed by atoms with E-state index in [9.17, 15) is 14.5 Å². The zero-order valence-corrected chi connectivity index (χ0v) is 23.8. The molecule has 3 aromatic rings. The second kappa shape index (κ2) is 11.7. The second-order valence-corrected chi connectivity index (χ2v) is 11.8. The number of carbonyl (C=O) groups is 1. The summed E-state index contributed by atoms with van der Waals surface area (Å²) in [4.78, 5) is 25.0. The lowest BCUT2D eigenvalue weighted by atomic mass is 9.98. The summed E-state index contributed by atoms with van der Waals surface area (Å²) in [7, 11) is -2.55. The number of ether oxygens (including phenoxy) is 1. The summed E-state index contributed by atoms with van der Waals surface area (Å²) in [6.45, 7) is 5.78. The zero-order valence-electron chi connectivity index (χ0n) is 22.9. The van der Waals surface area contributed by atoms with Crippen LogP contribution in [0.15, 0.2) is 36.7 Å². The highest BCUT2D eigenvalue weighted by atomic mass is 31.2. The average Bonchev–Trinajstić information content (AvgIpc) is 3.40. The van der Waals surface area contributed by atoms with Crippen molar-refractivity contribution < 1.29 is 32.6 Å². The normalized spacial score (nSPS) is 25.1. The predicted molar refractivity (Wildman–Crippen MR) is 146 cm³/mol. The van der Waals surface area contributed by atoms with E-state index in [1.807, 2.05) is 0 Å². The molecule has 40 heavy (non-hydrogen) atoms. The standard InChI is InChI=1S/C25H35FN7O6P/c1-14(2)38-23(35)15(3)32-40(36,39-17-9-7-6-8-10-17)37-12-16-11-18(25(4,26)20(16)34)33-13-29-19-21(28-5)30-24(27)31-22(19)33/h6-10,13-16,18,20,34H,11-12H2,1-5H3,(H,32,36)(H3,27,28,30,31)/t15-,16+,18+,20+,25-,40-/m0/s1. The molecule has 218 valence electrons. The lowest BCUT2D eigenvalue weighted by Crippen LogP contribution is -2.39. The van der Waals surface area contributed by atoms with Crippen molar-refractivity contribution >= 4 is 36.6 Å². The van der Waals surface area contributed by atoms with E-state index in [2.05, 4.69) is 25.4 Å². The molecule has 4 rings (SSSR count). The molecule has 0 saturated heterocycles. The molecule has 15 heteroatoms. The minimum Gasteiger partial charge on any atom is -0.462 e. The number of para-hydroxylation sites is 1. The van der Waals surface area contributed by atoms with Crippen LogP contribution in [-0.2, 0) is 18.6 Å². The third-order valence-electron chi connectivity index (χ3n) is 6.70. The number of alkyl halides is 1. The van der Waals surface area contributed by atoms with Gasteiger partial charge in [0.15, 0.2) is 22.7 Å². The summed E-state index contributed by atoms with van der Waals surface area (Å²) in [5.41, 5.74) is 4.41. The number of nitrogens with zero attached hydrogens (tertiary/aromatic N) is 4. The summed E-state index contributed by atoms with van der Waals surface area (Å²) in [5.74, 6) is -0.858. The molecule has 1 aromatic carbocycles. The SMILES string of the molecule is CNc1nc(N)nc2c1ncn2[C@@H]1C[C@H](CO[P@@](=O)(N[C@@H](C)C(=O)OC(C)C)Oc2ccccc2)[C@@H](O)[C@@]1(C)F. The van der Waals surface area contributed by atoms with E-state index in [1.165, 1.54) is 24.7 Å². The van der Waals surface area contributed by atoms with Crippen molar-refractivity contribution in [2.24, 2.45) is 5.92 Å². The highest BCUT2D eigenvalue weighted by Crippen LogP contribution is 2.50. The predicted octanol–water partition coefficient (Wildman–Crippen LogP) is 3.23. The molecule has 1 saturated carbocycles. The van der Waals surface area contributed by atoms with Crippen molar-refractivity contribution in [1.82, 2.24) is 24.6 Å². The second-order valence-electron chi connectivity index (χ2n) is 10.1. The van der Waals surface area contributed by atoms with E-state index in [0.717, 1.165) is 0 Å². The van der Waals surface area contributed by atoms with E-state index in [4.69, 9.17) is 19.5 Å². The van der Waals surface area contributed by atoms with Crippen LogP contribution in [0.25, 0.3) is 11.2 Å². The highest BCUT2D eigenvalue weighted by Gasteiger charge is 2.54. The maximum Gasteiger partial charge on any atom is 0.459 e. The van der Waals surface area contributed by atoms with Crippen LogP contribution >= 0.6 is 7.75 Å². The molecule has 0 bridgehead atoms. The number of anilines is 2. The first-order valence-electron chi connectivity index (χ1n) is 12.9. The number of aliphatic hydroxyl groups excluding tert-OH is 1. The quantitative estimate of drug-likeness (QED) is 0.193. The molecule has 2 aromatic heterocycles. The lowest BCUT2D eigenvalue weighted by Gasteiger charge is -2.28. The molecule has 0 spiro atoms. The lowest BCUT2D eigenvalue weighted by molar-refractivity contribution is -0.149. The number of aliphatic hydroxyl groups is 1. The number of hydrogen-bond donors (Lipinski definition) is 4. The van der Waals surface area contributed by atoms with Crippen molar-refractivity contribution in [3.63, 3.8) is 0 Å². The Hall–Kier alpha value is -3.32. The first-order valence-corrected chi connectivity index (χ1v) is 14.4. The molecule has 1 fully saturated rings.